The number of anilines is 1. The highest BCUT2D eigenvalue weighted by Crippen LogP contribution is 2.44. The molecule has 35 heavy (non-hydrogen) atoms. The van der Waals surface area contributed by atoms with E-state index in [1.165, 1.54) is 12.8 Å². The van der Waals surface area contributed by atoms with E-state index in [0.717, 1.165) is 38.8 Å². The molecule has 1 aliphatic carbocycles. The van der Waals surface area contributed by atoms with Gasteiger partial charge in [0.15, 0.2) is 5.13 Å². The van der Waals surface area contributed by atoms with Gasteiger partial charge >= 0.3 is 0 Å². The zero-order valence-electron chi connectivity index (χ0n) is 20.2. The van der Waals surface area contributed by atoms with E-state index in [1.807, 2.05) is 32.0 Å². The SMILES string of the molecule is C#CCOc1cc(Cl)c(-c2nc(N(CC#C)[C@@H](CC3CC3)c3ccc(C)c(F)c3)sc2C)cc1C. The predicted molar refractivity (Wildman–Crippen MR) is 144 cm³/mol. The summed E-state index contributed by atoms with van der Waals surface area (Å²) in [6.45, 7) is 6.32. The smallest absolute Gasteiger partial charge is 0.187 e. The van der Waals surface area contributed by atoms with E-state index in [0.29, 0.717) is 28.8 Å². The number of rotatable bonds is 9. The van der Waals surface area contributed by atoms with Gasteiger partial charge in [-0.2, -0.15) is 0 Å². The Labute approximate surface area is 216 Å². The highest BCUT2D eigenvalue weighted by atomic mass is 35.5. The number of hydrogen-bond acceptors (Lipinski definition) is 4. The van der Waals surface area contributed by atoms with Crippen molar-refractivity contribution >= 4 is 28.1 Å². The number of benzene rings is 2. The van der Waals surface area contributed by atoms with Gasteiger partial charge in [-0.1, -0.05) is 48.4 Å². The molecule has 1 saturated carbocycles. The van der Waals surface area contributed by atoms with Crippen molar-refractivity contribution < 1.29 is 9.13 Å². The lowest BCUT2D eigenvalue weighted by atomic mass is 9.98. The average Bonchev–Trinajstić information content (AvgIpc) is 3.58. The molecule has 180 valence electrons. The molecule has 0 aliphatic heterocycles. The van der Waals surface area contributed by atoms with Crippen LogP contribution >= 0.6 is 22.9 Å². The molecule has 0 spiro atoms. The zero-order chi connectivity index (χ0) is 25.1. The number of ether oxygens (including phenoxy) is 1. The number of terminal acetylenes is 2. The quantitative estimate of drug-likeness (QED) is 0.280. The van der Waals surface area contributed by atoms with Crippen molar-refractivity contribution in [2.24, 2.45) is 5.92 Å². The van der Waals surface area contributed by atoms with Crippen LogP contribution in [0.1, 0.15) is 46.9 Å². The van der Waals surface area contributed by atoms with Crippen molar-refractivity contribution in [1.82, 2.24) is 4.98 Å². The summed E-state index contributed by atoms with van der Waals surface area (Å²) in [5.41, 5.74) is 4.13. The van der Waals surface area contributed by atoms with Crippen LogP contribution < -0.4 is 9.64 Å². The molecule has 1 aromatic heterocycles. The minimum atomic E-state index is -0.200. The fourth-order valence-electron chi connectivity index (χ4n) is 4.21. The minimum Gasteiger partial charge on any atom is -0.481 e. The van der Waals surface area contributed by atoms with Crippen LogP contribution in [0.3, 0.4) is 0 Å². The molecule has 0 saturated heterocycles. The van der Waals surface area contributed by atoms with Crippen LogP contribution in [-0.2, 0) is 0 Å². The average molecular weight is 507 g/mol. The van der Waals surface area contributed by atoms with Crippen molar-refractivity contribution in [2.45, 2.75) is 46.1 Å². The first kappa shape index (κ1) is 25.1. The molecular formula is C29H28ClFN2OS. The Hall–Kier alpha value is -2.99. The highest BCUT2D eigenvalue weighted by molar-refractivity contribution is 7.16. The fourth-order valence-corrected chi connectivity index (χ4v) is 5.43. The molecule has 1 aliphatic rings. The Balaban J connectivity index is 1.73. The summed E-state index contributed by atoms with van der Waals surface area (Å²) < 4.78 is 20.1. The second-order valence-electron chi connectivity index (χ2n) is 9.03. The molecule has 1 heterocycles. The summed E-state index contributed by atoms with van der Waals surface area (Å²) in [6.07, 6.45) is 14.4. The second kappa shape index (κ2) is 10.7. The van der Waals surface area contributed by atoms with Gasteiger partial charge in [0.1, 0.15) is 18.2 Å². The Morgan fingerprint density at radius 2 is 1.94 bits per heavy atom. The number of aryl methyl sites for hydroxylation is 3. The lowest BCUT2D eigenvalue weighted by molar-refractivity contribution is 0.368. The third-order valence-electron chi connectivity index (χ3n) is 6.33. The maximum Gasteiger partial charge on any atom is 0.187 e. The fraction of sp³-hybridized carbons (Fsp3) is 0.345. The first-order valence-electron chi connectivity index (χ1n) is 11.6. The Morgan fingerprint density at radius 1 is 1.17 bits per heavy atom. The molecule has 1 atom stereocenters. The standard InChI is InChI=1S/C29H28ClFN2OS/c1-6-12-33(26(15-21-9-10-21)22-11-8-18(3)25(31)16-22)29-32-28(20(5)35-29)23-14-19(4)27(17-24(23)30)34-13-7-2/h1-2,8,11,14,16-17,21,26H,9-10,12-13,15H2,3-5H3/t26-/m0/s1. The summed E-state index contributed by atoms with van der Waals surface area (Å²) in [6, 6.07) is 9.19. The molecule has 4 rings (SSSR count). The van der Waals surface area contributed by atoms with Gasteiger partial charge in [0.05, 0.1) is 23.3 Å². The first-order chi connectivity index (χ1) is 16.8. The van der Waals surface area contributed by atoms with Gasteiger partial charge in [0.25, 0.3) is 0 Å². The van der Waals surface area contributed by atoms with E-state index in [4.69, 9.17) is 34.2 Å². The molecular weight excluding hydrogens is 479 g/mol. The van der Waals surface area contributed by atoms with Crippen LogP contribution in [-0.4, -0.2) is 18.1 Å². The van der Waals surface area contributed by atoms with Gasteiger partial charge in [-0.15, -0.1) is 24.2 Å². The molecule has 0 amide bonds. The molecule has 1 fully saturated rings. The van der Waals surface area contributed by atoms with E-state index in [2.05, 4.69) is 16.7 Å². The van der Waals surface area contributed by atoms with E-state index in [9.17, 15) is 4.39 Å². The Bertz CT molecular complexity index is 1320. The molecule has 0 radical (unpaired) electrons. The van der Waals surface area contributed by atoms with Crippen LogP contribution in [0.2, 0.25) is 5.02 Å². The van der Waals surface area contributed by atoms with Crippen molar-refractivity contribution in [3.63, 3.8) is 0 Å². The van der Waals surface area contributed by atoms with Crippen LogP contribution in [0, 0.1) is 57.2 Å². The lowest BCUT2D eigenvalue weighted by Gasteiger charge is -2.31. The van der Waals surface area contributed by atoms with Crippen LogP contribution in [0.25, 0.3) is 11.3 Å². The zero-order valence-corrected chi connectivity index (χ0v) is 21.8. The molecule has 6 heteroatoms. The van der Waals surface area contributed by atoms with Gasteiger partial charge in [0, 0.05) is 10.4 Å². The van der Waals surface area contributed by atoms with Gasteiger partial charge in [-0.25, -0.2) is 9.37 Å². The van der Waals surface area contributed by atoms with Gasteiger partial charge in [-0.05, 0) is 68.0 Å². The summed E-state index contributed by atoms with van der Waals surface area (Å²) in [5, 5.41) is 1.35. The van der Waals surface area contributed by atoms with Gasteiger partial charge in [-0.3, -0.25) is 0 Å². The maximum atomic E-state index is 14.5. The monoisotopic (exact) mass is 506 g/mol. The molecule has 3 aromatic rings. The van der Waals surface area contributed by atoms with Crippen LogP contribution in [0.4, 0.5) is 9.52 Å². The van der Waals surface area contributed by atoms with Crippen LogP contribution in [0.5, 0.6) is 5.75 Å². The Morgan fingerprint density at radius 3 is 2.60 bits per heavy atom. The first-order valence-corrected chi connectivity index (χ1v) is 12.8. The second-order valence-corrected chi connectivity index (χ2v) is 10.6. The topological polar surface area (TPSA) is 25.4 Å². The van der Waals surface area contributed by atoms with Crippen molar-refractivity contribution in [3.05, 3.63) is 62.7 Å². The Kier molecular flexibility index (Phi) is 7.70. The van der Waals surface area contributed by atoms with Crippen molar-refractivity contribution in [1.29, 1.82) is 0 Å². The summed E-state index contributed by atoms with van der Waals surface area (Å²) >= 11 is 8.23. The molecule has 3 nitrogen and oxygen atoms in total. The number of hydrogen-bond donors (Lipinski definition) is 0. The molecule has 0 unspecified atom stereocenters. The predicted octanol–water partition coefficient (Wildman–Crippen LogP) is 7.52. The normalized spacial score (nSPS) is 13.7. The van der Waals surface area contributed by atoms with E-state index in [1.54, 1.807) is 30.4 Å². The van der Waals surface area contributed by atoms with Crippen LogP contribution in [0.15, 0.2) is 30.3 Å². The number of aromatic nitrogens is 1. The third kappa shape index (κ3) is 5.64. The minimum absolute atomic E-state index is 0.0520. The summed E-state index contributed by atoms with van der Waals surface area (Å²) in [4.78, 5) is 8.17. The highest BCUT2D eigenvalue weighted by Gasteiger charge is 2.32. The summed E-state index contributed by atoms with van der Waals surface area (Å²) in [7, 11) is 0. The summed E-state index contributed by atoms with van der Waals surface area (Å²) in [5.74, 6) is 6.35. The molecule has 2 aromatic carbocycles. The number of nitrogens with zero attached hydrogens (tertiary/aromatic N) is 2. The van der Waals surface area contributed by atoms with E-state index < -0.39 is 0 Å². The lowest BCUT2D eigenvalue weighted by Crippen LogP contribution is -2.29. The van der Waals surface area contributed by atoms with Gasteiger partial charge < -0.3 is 9.64 Å². The van der Waals surface area contributed by atoms with Crippen molar-refractivity contribution in [3.8, 4) is 41.7 Å². The van der Waals surface area contributed by atoms with E-state index >= 15 is 0 Å². The number of halogens is 2. The van der Waals surface area contributed by atoms with Gasteiger partial charge in [0.2, 0.25) is 0 Å². The molecule has 0 bridgehead atoms. The number of thiazole rings is 1. The third-order valence-corrected chi connectivity index (χ3v) is 7.65. The largest absolute Gasteiger partial charge is 0.481 e. The maximum absolute atomic E-state index is 14.5. The van der Waals surface area contributed by atoms with Crippen molar-refractivity contribution in [2.75, 3.05) is 18.1 Å². The van der Waals surface area contributed by atoms with E-state index in [-0.39, 0.29) is 18.5 Å². The molecule has 0 N–H and O–H groups in total.